The molecular formula is C16H15N3. The molecule has 3 heteroatoms. The smallest absolute Gasteiger partial charge is 0.169 e. The molecular weight excluding hydrogens is 234 g/mol. The first kappa shape index (κ1) is 12.8. The minimum atomic E-state index is 0.729. The van der Waals surface area contributed by atoms with Crippen molar-refractivity contribution >= 4 is 11.8 Å². The van der Waals surface area contributed by atoms with Gasteiger partial charge in [0.15, 0.2) is 11.6 Å². The van der Waals surface area contributed by atoms with E-state index in [9.17, 15) is 0 Å². The lowest BCUT2D eigenvalue weighted by Crippen LogP contribution is -2.00. The van der Waals surface area contributed by atoms with Gasteiger partial charge in [-0.15, -0.1) is 16.6 Å². The van der Waals surface area contributed by atoms with Gasteiger partial charge in [0.05, 0.1) is 5.70 Å². The van der Waals surface area contributed by atoms with E-state index in [4.69, 9.17) is 6.42 Å². The first-order chi connectivity index (χ1) is 9.31. The molecule has 3 nitrogen and oxygen atoms in total. The van der Waals surface area contributed by atoms with Crippen LogP contribution in [0.4, 0.5) is 0 Å². The van der Waals surface area contributed by atoms with Crippen LogP contribution in [0.3, 0.4) is 0 Å². The third-order valence-corrected chi connectivity index (χ3v) is 2.70. The van der Waals surface area contributed by atoms with Crippen molar-refractivity contribution in [1.29, 1.82) is 0 Å². The molecule has 0 unspecified atom stereocenters. The van der Waals surface area contributed by atoms with Gasteiger partial charge in [0.25, 0.3) is 0 Å². The number of aromatic nitrogens is 3. The lowest BCUT2D eigenvalue weighted by molar-refractivity contribution is 1.07. The lowest BCUT2D eigenvalue weighted by atomic mass is 10.2. The quantitative estimate of drug-likeness (QED) is 0.780. The van der Waals surface area contributed by atoms with Crippen molar-refractivity contribution in [2.24, 2.45) is 0 Å². The van der Waals surface area contributed by atoms with Gasteiger partial charge in [-0.05, 0) is 19.9 Å². The van der Waals surface area contributed by atoms with Crippen LogP contribution in [0.25, 0.3) is 23.2 Å². The Labute approximate surface area is 113 Å². The molecule has 94 valence electrons. The zero-order valence-electron chi connectivity index (χ0n) is 11.0. The highest BCUT2D eigenvalue weighted by Crippen LogP contribution is 2.22. The summed E-state index contributed by atoms with van der Waals surface area (Å²) in [4.78, 5) is 0. The molecule has 0 fully saturated rings. The van der Waals surface area contributed by atoms with Crippen LogP contribution in [0.1, 0.15) is 19.7 Å². The number of allylic oxidation sites excluding steroid dienone is 3. The van der Waals surface area contributed by atoms with Gasteiger partial charge in [0.1, 0.15) is 0 Å². The van der Waals surface area contributed by atoms with Crippen LogP contribution < -0.4 is 0 Å². The van der Waals surface area contributed by atoms with Gasteiger partial charge >= 0.3 is 0 Å². The maximum Gasteiger partial charge on any atom is 0.169 e. The Morgan fingerprint density at radius 1 is 1.21 bits per heavy atom. The van der Waals surface area contributed by atoms with Gasteiger partial charge in [-0.1, -0.05) is 48.4 Å². The molecule has 0 aliphatic carbocycles. The topological polar surface area (TPSA) is 30.7 Å². The van der Waals surface area contributed by atoms with Crippen molar-refractivity contribution in [3.63, 3.8) is 0 Å². The number of hydrogen-bond donors (Lipinski definition) is 0. The zero-order chi connectivity index (χ0) is 13.7. The minimum absolute atomic E-state index is 0.729. The van der Waals surface area contributed by atoms with Crippen molar-refractivity contribution < 1.29 is 0 Å². The van der Waals surface area contributed by atoms with Gasteiger partial charge in [-0.3, -0.25) is 4.57 Å². The number of nitrogens with zero attached hydrogens (tertiary/aromatic N) is 3. The largest absolute Gasteiger partial charge is 0.268 e. The van der Waals surface area contributed by atoms with E-state index in [0.717, 1.165) is 22.9 Å². The van der Waals surface area contributed by atoms with Gasteiger partial charge < -0.3 is 0 Å². The van der Waals surface area contributed by atoms with Crippen LogP contribution in [0.2, 0.25) is 0 Å². The molecule has 0 aliphatic rings. The summed E-state index contributed by atoms with van der Waals surface area (Å²) in [5.41, 5.74) is 1.72. The molecule has 1 heterocycles. The molecule has 0 aliphatic heterocycles. The maximum absolute atomic E-state index is 5.57. The second-order valence-electron chi connectivity index (χ2n) is 3.90. The zero-order valence-corrected chi connectivity index (χ0v) is 11.0. The van der Waals surface area contributed by atoms with Crippen LogP contribution >= 0.6 is 0 Å². The fraction of sp³-hybridized carbons (Fsp3) is 0.125. The second kappa shape index (κ2) is 5.83. The average molecular weight is 249 g/mol. The minimum Gasteiger partial charge on any atom is -0.268 e. The molecule has 1 aromatic heterocycles. The highest BCUT2D eigenvalue weighted by Gasteiger charge is 2.13. The first-order valence-electron chi connectivity index (χ1n) is 6.08. The normalized spacial score (nSPS) is 11.7. The number of hydrogen-bond acceptors (Lipinski definition) is 2. The first-order valence-corrected chi connectivity index (χ1v) is 6.08. The van der Waals surface area contributed by atoms with E-state index in [1.54, 1.807) is 0 Å². The molecule has 0 amide bonds. The van der Waals surface area contributed by atoms with E-state index in [-0.39, 0.29) is 0 Å². The average Bonchev–Trinajstić information content (AvgIpc) is 2.86. The van der Waals surface area contributed by atoms with Crippen LogP contribution in [-0.4, -0.2) is 14.8 Å². The molecule has 19 heavy (non-hydrogen) atoms. The Morgan fingerprint density at radius 2 is 1.95 bits per heavy atom. The maximum atomic E-state index is 5.57. The predicted molar refractivity (Wildman–Crippen MR) is 78.9 cm³/mol. The molecule has 0 spiro atoms. The number of terminal acetylenes is 1. The molecule has 0 bridgehead atoms. The van der Waals surface area contributed by atoms with Crippen LogP contribution in [0, 0.1) is 12.3 Å². The standard InChI is InChI=1S/C16H15N3/c1-4-10-15-17-18-16(13-11-8-7-9-12-13)19(15)14(5-2)6-3/h2,4,6-12H,1,3H3/b10-4+,14-6+. The predicted octanol–water partition coefficient (Wildman–Crippen LogP) is 3.47. The Hall–Kier alpha value is -2.60. The van der Waals surface area contributed by atoms with Crippen LogP contribution in [0.5, 0.6) is 0 Å². The summed E-state index contributed by atoms with van der Waals surface area (Å²) in [5.74, 6) is 4.15. The Balaban J connectivity index is 2.67. The summed E-state index contributed by atoms with van der Waals surface area (Å²) >= 11 is 0. The van der Waals surface area contributed by atoms with Crippen LogP contribution in [0.15, 0.2) is 42.5 Å². The molecule has 1 aromatic carbocycles. The SMILES string of the molecule is C#C/C(=C\C)n1c(/C=C/C)nnc1-c1ccccc1. The van der Waals surface area contributed by atoms with Crippen molar-refractivity contribution in [2.75, 3.05) is 0 Å². The summed E-state index contributed by atoms with van der Waals surface area (Å²) in [7, 11) is 0. The van der Waals surface area contributed by atoms with Crippen LogP contribution in [-0.2, 0) is 0 Å². The highest BCUT2D eigenvalue weighted by atomic mass is 15.3. The van der Waals surface area contributed by atoms with E-state index in [1.165, 1.54) is 0 Å². The molecule has 0 atom stereocenters. The number of rotatable bonds is 3. The second-order valence-corrected chi connectivity index (χ2v) is 3.90. The highest BCUT2D eigenvalue weighted by molar-refractivity contribution is 5.72. The van der Waals surface area contributed by atoms with E-state index in [1.807, 2.05) is 67.0 Å². The number of benzene rings is 1. The summed E-state index contributed by atoms with van der Waals surface area (Å²) < 4.78 is 1.88. The van der Waals surface area contributed by atoms with E-state index in [2.05, 4.69) is 16.1 Å². The fourth-order valence-corrected chi connectivity index (χ4v) is 1.84. The van der Waals surface area contributed by atoms with Crippen molar-refractivity contribution in [3.05, 3.63) is 48.3 Å². The molecule has 0 N–H and O–H groups in total. The van der Waals surface area contributed by atoms with Gasteiger partial charge in [-0.25, -0.2) is 0 Å². The van der Waals surface area contributed by atoms with Crippen molar-refractivity contribution in [2.45, 2.75) is 13.8 Å². The van der Waals surface area contributed by atoms with Gasteiger partial charge in [-0.2, -0.15) is 0 Å². The monoisotopic (exact) mass is 249 g/mol. The summed E-state index contributed by atoms with van der Waals surface area (Å²) in [6.45, 7) is 3.84. The summed E-state index contributed by atoms with van der Waals surface area (Å²) in [5, 5.41) is 8.44. The molecule has 0 radical (unpaired) electrons. The molecule has 0 saturated carbocycles. The fourth-order valence-electron chi connectivity index (χ4n) is 1.84. The third kappa shape index (κ3) is 2.48. The van der Waals surface area contributed by atoms with Gasteiger partial charge in [0.2, 0.25) is 0 Å². The lowest BCUT2D eigenvalue weighted by Gasteiger charge is -2.07. The molecule has 2 aromatic rings. The van der Waals surface area contributed by atoms with Gasteiger partial charge in [0, 0.05) is 5.56 Å². The van der Waals surface area contributed by atoms with Crippen molar-refractivity contribution in [3.8, 4) is 23.7 Å². The Morgan fingerprint density at radius 3 is 2.53 bits per heavy atom. The summed E-state index contributed by atoms with van der Waals surface area (Å²) in [6.07, 6.45) is 11.3. The van der Waals surface area contributed by atoms with E-state index < -0.39 is 0 Å². The van der Waals surface area contributed by atoms with E-state index >= 15 is 0 Å². The molecule has 2 rings (SSSR count). The Bertz CT molecular complexity index is 655. The van der Waals surface area contributed by atoms with Crippen molar-refractivity contribution in [1.82, 2.24) is 14.8 Å². The molecule has 0 saturated heterocycles. The van der Waals surface area contributed by atoms with E-state index in [0.29, 0.717) is 0 Å². The summed E-state index contributed by atoms with van der Waals surface area (Å²) in [6, 6.07) is 9.88. The Kier molecular flexibility index (Phi) is 3.94. The third-order valence-electron chi connectivity index (χ3n) is 2.70.